The maximum absolute atomic E-state index is 7.49. The predicted octanol–water partition coefficient (Wildman–Crippen LogP) is 3.85. The quantitative estimate of drug-likeness (QED) is 0.662. The van der Waals surface area contributed by atoms with Gasteiger partial charge in [0.2, 0.25) is 5.88 Å². The Labute approximate surface area is 126 Å². The van der Waals surface area contributed by atoms with Gasteiger partial charge in [0.05, 0.1) is 0 Å². The zero-order valence-corrected chi connectivity index (χ0v) is 13.2. The molecule has 0 saturated heterocycles. The third-order valence-corrected chi connectivity index (χ3v) is 4.12. The highest BCUT2D eigenvalue weighted by Crippen LogP contribution is 2.29. The van der Waals surface area contributed by atoms with Crippen molar-refractivity contribution in [3.8, 4) is 11.6 Å². The molecule has 5 heteroatoms. The first kappa shape index (κ1) is 14.5. The monoisotopic (exact) mass is 333 g/mol. The van der Waals surface area contributed by atoms with E-state index in [0.717, 1.165) is 27.0 Å². The summed E-state index contributed by atoms with van der Waals surface area (Å²) in [5.41, 5.74) is 9.07. The van der Waals surface area contributed by atoms with Crippen molar-refractivity contribution in [3.05, 3.63) is 51.1 Å². The summed E-state index contributed by atoms with van der Waals surface area (Å²) < 4.78 is 6.86. The molecule has 2 rings (SSSR count). The van der Waals surface area contributed by atoms with Crippen molar-refractivity contribution in [3.63, 3.8) is 0 Å². The summed E-state index contributed by atoms with van der Waals surface area (Å²) in [6.45, 7) is 5.86. The van der Waals surface area contributed by atoms with Gasteiger partial charge in [-0.05, 0) is 50.1 Å². The molecule has 0 atom stereocenters. The fourth-order valence-electron chi connectivity index (χ4n) is 1.93. The van der Waals surface area contributed by atoms with Crippen LogP contribution in [0.2, 0.25) is 0 Å². The molecule has 0 unspecified atom stereocenters. The van der Waals surface area contributed by atoms with Crippen LogP contribution in [0.4, 0.5) is 0 Å². The second-order valence-corrected chi connectivity index (χ2v) is 5.52. The number of pyridine rings is 1. The molecule has 2 aromatic rings. The van der Waals surface area contributed by atoms with E-state index >= 15 is 0 Å². The minimum Gasteiger partial charge on any atom is -0.439 e. The molecule has 0 aliphatic rings. The summed E-state index contributed by atoms with van der Waals surface area (Å²) in [4.78, 5) is 4.31. The maximum atomic E-state index is 7.49. The molecule has 0 aliphatic carbocycles. The van der Waals surface area contributed by atoms with Gasteiger partial charge in [-0.2, -0.15) is 0 Å². The fourth-order valence-corrected chi connectivity index (χ4v) is 2.16. The Morgan fingerprint density at radius 2 is 1.75 bits per heavy atom. The molecule has 0 radical (unpaired) electrons. The Balaban J connectivity index is 2.37. The van der Waals surface area contributed by atoms with Gasteiger partial charge in [-0.15, -0.1) is 0 Å². The Kier molecular flexibility index (Phi) is 4.09. The molecule has 0 saturated carbocycles. The van der Waals surface area contributed by atoms with Crippen LogP contribution in [0.25, 0.3) is 0 Å². The lowest BCUT2D eigenvalue weighted by Crippen LogP contribution is -2.11. The van der Waals surface area contributed by atoms with Crippen LogP contribution in [0.5, 0.6) is 11.6 Å². The van der Waals surface area contributed by atoms with E-state index < -0.39 is 0 Å². The number of rotatable bonds is 3. The van der Waals surface area contributed by atoms with E-state index in [4.69, 9.17) is 15.9 Å². The number of aryl methyl sites for hydroxylation is 3. The number of aromatic nitrogens is 1. The van der Waals surface area contributed by atoms with E-state index in [1.807, 2.05) is 32.9 Å². The first-order chi connectivity index (χ1) is 9.36. The number of halogens is 1. The van der Waals surface area contributed by atoms with Crippen LogP contribution in [0, 0.1) is 26.2 Å². The van der Waals surface area contributed by atoms with Crippen molar-refractivity contribution < 1.29 is 4.74 Å². The average molecular weight is 334 g/mol. The highest BCUT2D eigenvalue weighted by atomic mass is 79.9. The topological polar surface area (TPSA) is 72.0 Å². The van der Waals surface area contributed by atoms with E-state index in [9.17, 15) is 0 Å². The molecular formula is C15H16BrN3O. The van der Waals surface area contributed by atoms with Crippen LogP contribution in [0.1, 0.15) is 22.4 Å². The molecule has 1 aromatic heterocycles. The third kappa shape index (κ3) is 3.17. The van der Waals surface area contributed by atoms with Crippen molar-refractivity contribution in [1.82, 2.24) is 4.98 Å². The molecular weight excluding hydrogens is 318 g/mol. The van der Waals surface area contributed by atoms with E-state index in [1.165, 1.54) is 0 Å². The van der Waals surface area contributed by atoms with Gasteiger partial charge >= 0.3 is 0 Å². The molecule has 0 spiro atoms. The molecule has 0 aliphatic heterocycles. The van der Waals surface area contributed by atoms with Crippen molar-refractivity contribution in [2.75, 3.05) is 0 Å². The number of hydrogen-bond donors (Lipinski definition) is 2. The maximum Gasteiger partial charge on any atom is 0.220 e. The highest BCUT2D eigenvalue weighted by molar-refractivity contribution is 9.10. The number of nitrogens with one attached hydrogen (secondary N) is 1. The van der Waals surface area contributed by atoms with Crippen LogP contribution in [0.3, 0.4) is 0 Å². The number of benzene rings is 1. The number of ether oxygens (including phenoxy) is 1. The zero-order valence-electron chi connectivity index (χ0n) is 11.6. The van der Waals surface area contributed by atoms with Crippen LogP contribution in [0.15, 0.2) is 28.7 Å². The molecule has 104 valence electrons. The second-order valence-electron chi connectivity index (χ2n) is 4.72. The van der Waals surface area contributed by atoms with E-state index in [0.29, 0.717) is 11.4 Å². The average Bonchev–Trinajstić information content (AvgIpc) is 2.35. The lowest BCUT2D eigenvalue weighted by atomic mass is 10.1. The number of nitrogens with two attached hydrogens (primary N) is 1. The Hall–Kier alpha value is -1.88. The predicted molar refractivity (Wildman–Crippen MR) is 83.7 cm³/mol. The first-order valence-electron chi connectivity index (χ1n) is 6.14. The van der Waals surface area contributed by atoms with E-state index in [2.05, 4.69) is 20.9 Å². The summed E-state index contributed by atoms with van der Waals surface area (Å²) in [5.74, 6) is 1.16. The van der Waals surface area contributed by atoms with Crippen molar-refractivity contribution in [2.24, 2.45) is 5.73 Å². The number of hydrogen-bond acceptors (Lipinski definition) is 3. The lowest BCUT2D eigenvalue weighted by Gasteiger charge is -2.10. The summed E-state index contributed by atoms with van der Waals surface area (Å²) in [6.07, 6.45) is 0. The molecule has 4 nitrogen and oxygen atoms in total. The SMILES string of the molecule is Cc1cc(C(=N)N)cc(Oc2cc(C)c(Br)c(C)c2)n1. The highest BCUT2D eigenvalue weighted by Gasteiger charge is 2.07. The summed E-state index contributed by atoms with van der Waals surface area (Å²) in [5, 5.41) is 7.49. The van der Waals surface area contributed by atoms with Gasteiger partial charge in [0.15, 0.2) is 0 Å². The largest absolute Gasteiger partial charge is 0.439 e. The Morgan fingerprint density at radius 3 is 2.30 bits per heavy atom. The Morgan fingerprint density at radius 1 is 1.15 bits per heavy atom. The van der Waals surface area contributed by atoms with Gasteiger partial charge in [-0.25, -0.2) is 4.98 Å². The second kappa shape index (κ2) is 5.63. The minimum absolute atomic E-state index is 0.00326. The molecule has 0 amide bonds. The standard InChI is InChI=1S/C15H16BrN3O/c1-8-4-12(5-9(2)14(8)16)20-13-7-11(15(17)18)6-10(3)19-13/h4-7H,1-3H3,(H3,17,18). The van der Waals surface area contributed by atoms with Crippen molar-refractivity contribution in [1.29, 1.82) is 5.41 Å². The summed E-state index contributed by atoms with van der Waals surface area (Å²) >= 11 is 3.53. The van der Waals surface area contributed by atoms with Crippen LogP contribution < -0.4 is 10.5 Å². The van der Waals surface area contributed by atoms with E-state index in [-0.39, 0.29) is 5.84 Å². The fraction of sp³-hybridized carbons (Fsp3) is 0.200. The minimum atomic E-state index is 0.00326. The molecule has 0 fully saturated rings. The summed E-state index contributed by atoms with van der Waals surface area (Å²) in [7, 11) is 0. The van der Waals surface area contributed by atoms with E-state index in [1.54, 1.807) is 12.1 Å². The molecule has 20 heavy (non-hydrogen) atoms. The van der Waals surface area contributed by atoms with Gasteiger partial charge in [0.25, 0.3) is 0 Å². The number of amidine groups is 1. The normalized spacial score (nSPS) is 10.4. The van der Waals surface area contributed by atoms with Crippen LogP contribution in [-0.2, 0) is 0 Å². The molecule has 1 aromatic carbocycles. The summed E-state index contributed by atoms with van der Waals surface area (Å²) in [6, 6.07) is 7.30. The van der Waals surface area contributed by atoms with Gasteiger partial charge in [-0.3, -0.25) is 5.41 Å². The van der Waals surface area contributed by atoms with Crippen molar-refractivity contribution in [2.45, 2.75) is 20.8 Å². The van der Waals surface area contributed by atoms with Crippen molar-refractivity contribution >= 4 is 21.8 Å². The Bertz CT molecular complexity index is 660. The number of nitrogens with zero attached hydrogens (tertiary/aromatic N) is 1. The van der Waals surface area contributed by atoms with Gasteiger partial charge in [0, 0.05) is 21.8 Å². The van der Waals surface area contributed by atoms with Gasteiger partial charge in [-0.1, -0.05) is 15.9 Å². The molecule has 3 N–H and O–H groups in total. The van der Waals surface area contributed by atoms with Crippen LogP contribution in [-0.4, -0.2) is 10.8 Å². The third-order valence-electron chi connectivity index (χ3n) is 2.87. The van der Waals surface area contributed by atoms with Gasteiger partial charge in [0.1, 0.15) is 11.6 Å². The smallest absolute Gasteiger partial charge is 0.220 e. The molecule has 1 heterocycles. The number of nitrogen functional groups attached to an aromatic ring is 1. The molecule has 0 bridgehead atoms. The van der Waals surface area contributed by atoms with Gasteiger partial charge < -0.3 is 10.5 Å². The lowest BCUT2D eigenvalue weighted by molar-refractivity contribution is 0.460. The zero-order chi connectivity index (χ0) is 14.9. The first-order valence-corrected chi connectivity index (χ1v) is 6.94. The van der Waals surface area contributed by atoms with Crippen LogP contribution >= 0.6 is 15.9 Å².